The van der Waals surface area contributed by atoms with Gasteiger partial charge in [-0.3, -0.25) is 4.68 Å². The van der Waals surface area contributed by atoms with Crippen LogP contribution in [-0.2, 0) is 13.1 Å². The molecule has 3 heterocycles. The summed E-state index contributed by atoms with van der Waals surface area (Å²) in [6, 6.07) is 8.09. The highest BCUT2D eigenvalue weighted by Crippen LogP contribution is 2.23. The summed E-state index contributed by atoms with van der Waals surface area (Å²) in [6.07, 6.45) is 0.944. The molecule has 3 rings (SSSR count). The Morgan fingerprint density at radius 1 is 1.14 bits per heavy atom. The minimum Gasteiger partial charge on any atom is -0.351 e. The first kappa shape index (κ1) is 14.1. The van der Waals surface area contributed by atoms with Crippen LogP contribution in [0, 0.1) is 36.5 Å². The highest BCUT2D eigenvalue weighted by Gasteiger charge is 2.19. The predicted molar refractivity (Wildman–Crippen MR) is 81.0 cm³/mol. The number of nitrogens with zero attached hydrogens (tertiary/aromatic N) is 6. The van der Waals surface area contributed by atoms with E-state index in [2.05, 4.69) is 27.1 Å². The average molecular weight is 292 g/mol. The second kappa shape index (κ2) is 5.50. The van der Waals surface area contributed by atoms with Crippen LogP contribution >= 0.6 is 0 Å². The first-order valence-corrected chi connectivity index (χ1v) is 7.22. The molecule has 0 radical (unpaired) electrons. The molecule has 0 aliphatic carbocycles. The van der Waals surface area contributed by atoms with Gasteiger partial charge in [0.15, 0.2) is 5.69 Å². The van der Waals surface area contributed by atoms with E-state index in [-0.39, 0.29) is 0 Å². The van der Waals surface area contributed by atoms with Crippen molar-refractivity contribution in [3.8, 4) is 12.1 Å². The van der Waals surface area contributed by atoms with Gasteiger partial charge in [-0.15, -0.1) is 0 Å². The summed E-state index contributed by atoms with van der Waals surface area (Å²) in [7, 11) is 0. The fourth-order valence-electron chi connectivity index (χ4n) is 2.85. The number of hydrogen-bond acceptors (Lipinski definition) is 5. The van der Waals surface area contributed by atoms with Crippen molar-refractivity contribution in [3.05, 3.63) is 40.3 Å². The number of fused-ring (bicyclic) bond motifs is 1. The molecule has 6 heteroatoms. The van der Waals surface area contributed by atoms with E-state index in [4.69, 9.17) is 10.5 Å². The second-order valence-electron chi connectivity index (χ2n) is 5.50. The van der Waals surface area contributed by atoms with Crippen LogP contribution in [0.5, 0.6) is 0 Å². The van der Waals surface area contributed by atoms with Crippen LogP contribution in [0.3, 0.4) is 0 Å². The number of pyridine rings is 1. The third-order valence-corrected chi connectivity index (χ3v) is 3.95. The van der Waals surface area contributed by atoms with Gasteiger partial charge >= 0.3 is 0 Å². The van der Waals surface area contributed by atoms with Crippen LogP contribution in [0.25, 0.3) is 0 Å². The molecule has 1 aliphatic rings. The molecule has 0 bridgehead atoms. The van der Waals surface area contributed by atoms with E-state index in [1.165, 1.54) is 0 Å². The van der Waals surface area contributed by atoms with E-state index in [0.29, 0.717) is 17.8 Å². The first-order valence-electron chi connectivity index (χ1n) is 7.22. The van der Waals surface area contributed by atoms with E-state index in [1.807, 2.05) is 30.7 Å². The van der Waals surface area contributed by atoms with Crippen LogP contribution in [-0.4, -0.2) is 21.3 Å². The standard InChI is InChI=1S/C16H16N6/c1-11-6-16(19-12(2)15(11)9-18)21-4-3-5-22-14(10-21)7-13(8-17)20-22/h6-7H,3-5,10H2,1-2H3. The Balaban J connectivity index is 1.96. The van der Waals surface area contributed by atoms with Crippen molar-refractivity contribution >= 4 is 5.82 Å². The summed E-state index contributed by atoms with van der Waals surface area (Å²) in [6.45, 7) is 6.16. The SMILES string of the molecule is Cc1cc(N2CCCn3nc(C#N)cc3C2)nc(C)c1C#N. The smallest absolute Gasteiger partial charge is 0.162 e. The van der Waals surface area contributed by atoms with Crippen molar-refractivity contribution in [2.75, 3.05) is 11.4 Å². The highest BCUT2D eigenvalue weighted by molar-refractivity contribution is 5.50. The lowest BCUT2D eigenvalue weighted by Gasteiger charge is -2.22. The van der Waals surface area contributed by atoms with Gasteiger partial charge in [0.1, 0.15) is 18.0 Å². The van der Waals surface area contributed by atoms with Crippen molar-refractivity contribution in [3.63, 3.8) is 0 Å². The van der Waals surface area contributed by atoms with Crippen molar-refractivity contribution in [1.82, 2.24) is 14.8 Å². The third kappa shape index (κ3) is 2.40. The van der Waals surface area contributed by atoms with Gasteiger partial charge in [-0.05, 0) is 38.0 Å². The molecule has 2 aromatic rings. The molecular formula is C16H16N6. The topological polar surface area (TPSA) is 81.5 Å². The summed E-state index contributed by atoms with van der Waals surface area (Å²) >= 11 is 0. The van der Waals surface area contributed by atoms with Crippen LogP contribution in [0.1, 0.15) is 34.6 Å². The molecule has 0 unspecified atom stereocenters. The molecule has 1 aliphatic heterocycles. The van der Waals surface area contributed by atoms with Crippen LogP contribution in [0.4, 0.5) is 5.82 Å². The van der Waals surface area contributed by atoms with Crippen molar-refractivity contribution < 1.29 is 0 Å². The normalized spacial score (nSPS) is 13.9. The fourth-order valence-corrected chi connectivity index (χ4v) is 2.85. The number of rotatable bonds is 1. The Morgan fingerprint density at radius 3 is 2.64 bits per heavy atom. The van der Waals surface area contributed by atoms with Crippen molar-refractivity contribution in [2.45, 2.75) is 33.4 Å². The lowest BCUT2D eigenvalue weighted by Crippen LogP contribution is -2.24. The Hall–Kier alpha value is -2.86. The zero-order valence-corrected chi connectivity index (χ0v) is 12.7. The van der Waals surface area contributed by atoms with Gasteiger partial charge in [0.05, 0.1) is 23.5 Å². The number of aromatic nitrogens is 3. The lowest BCUT2D eigenvalue weighted by molar-refractivity contribution is 0.590. The number of hydrogen-bond donors (Lipinski definition) is 0. The Morgan fingerprint density at radius 2 is 1.95 bits per heavy atom. The molecule has 0 saturated carbocycles. The monoisotopic (exact) mass is 292 g/mol. The quantitative estimate of drug-likeness (QED) is 0.803. The summed E-state index contributed by atoms with van der Waals surface area (Å²) in [5, 5.41) is 22.4. The van der Waals surface area contributed by atoms with E-state index in [0.717, 1.165) is 42.3 Å². The van der Waals surface area contributed by atoms with Crippen molar-refractivity contribution in [1.29, 1.82) is 10.5 Å². The molecule has 22 heavy (non-hydrogen) atoms. The van der Waals surface area contributed by atoms with Crippen molar-refractivity contribution in [2.24, 2.45) is 0 Å². The molecule has 0 fully saturated rings. The van der Waals surface area contributed by atoms with Gasteiger partial charge in [0.25, 0.3) is 0 Å². The first-order chi connectivity index (χ1) is 10.6. The molecule has 0 saturated heterocycles. The van der Waals surface area contributed by atoms with Gasteiger partial charge in [0, 0.05) is 13.1 Å². The summed E-state index contributed by atoms with van der Waals surface area (Å²) < 4.78 is 1.90. The average Bonchev–Trinajstić information content (AvgIpc) is 2.78. The zero-order chi connectivity index (χ0) is 15.7. The van der Waals surface area contributed by atoms with Gasteiger partial charge < -0.3 is 4.90 Å². The maximum absolute atomic E-state index is 9.16. The lowest BCUT2D eigenvalue weighted by atomic mass is 10.1. The van der Waals surface area contributed by atoms with Crippen LogP contribution in [0.2, 0.25) is 0 Å². The van der Waals surface area contributed by atoms with Crippen LogP contribution < -0.4 is 4.90 Å². The molecule has 0 spiro atoms. The van der Waals surface area contributed by atoms with Gasteiger partial charge in [-0.1, -0.05) is 0 Å². The third-order valence-electron chi connectivity index (χ3n) is 3.95. The maximum Gasteiger partial charge on any atom is 0.162 e. The molecular weight excluding hydrogens is 276 g/mol. The minimum atomic E-state index is 0.456. The van der Waals surface area contributed by atoms with E-state index >= 15 is 0 Å². The molecule has 110 valence electrons. The number of aryl methyl sites for hydroxylation is 3. The Labute approximate surface area is 129 Å². The largest absolute Gasteiger partial charge is 0.351 e. The van der Waals surface area contributed by atoms with E-state index < -0.39 is 0 Å². The summed E-state index contributed by atoms with van der Waals surface area (Å²) in [4.78, 5) is 6.76. The Bertz CT molecular complexity index is 782. The number of nitriles is 2. The molecule has 0 aromatic carbocycles. The van der Waals surface area contributed by atoms with E-state index in [9.17, 15) is 0 Å². The maximum atomic E-state index is 9.16. The Kier molecular flexibility index (Phi) is 3.52. The minimum absolute atomic E-state index is 0.456. The van der Waals surface area contributed by atoms with Gasteiger partial charge in [0.2, 0.25) is 0 Å². The number of anilines is 1. The predicted octanol–water partition coefficient (Wildman–Crippen LogP) is 2.05. The van der Waals surface area contributed by atoms with Gasteiger partial charge in [-0.25, -0.2) is 4.98 Å². The highest BCUT2D eigenvalue weighted by atomic mass is 15.3. The van der Waals surface area contributed by atoms with Gasteiger partial charge in [-0.2, -0.15) is 15.6 Å². The van der Waals surface area contributed by atoms with E-state index in [1.54, 1.807) is 0 Å². The summed E-state index contributed by atoms with van der Waals surface area (Å²) in [5.41, 5.74) is 3.83. The summed E-state index contributed by atoms with van der Waals surface area (Å²) in [5.74, 6) is 0.877. The molecule has 6 nitrogen and oxygen atoms in total. The second-order valence-corrected chi connectivity index (χ2v) is 5.50. The molecule has 0 amide bonds. The fraction of sp³-hybridized carbons (Fsp3) is 0.375. The van der Waals surface area contributed by atoms with Crippen LogP contribution in [0.15, 0.2) is 12.1 Å². The molecule has 0 atom stereocenters. The molecule has 2 aromatic heterocycles. The molecule has 0 N–H and O–H groups in total. The zero-order valence-electron chi connectivity index (χ0n) is 12.7.